The molecule has 0 spiro atoms. The van der Waals surface area contributed by atoms with E-state index in [9.17, 15) is 9.59 Å². The molecule has 116 valence electrons. The van der Waals surface area contributed by atoms with Crippen LogP contribution in [0, 0.1) is 0 Å². The number of aryl methyl sites for hydroxylation is 1. The molecule has 2 rings (SSSR count). The molecule has 21 heavy (non-hydrogen) atoms. The molecule has 1 saturated heterocycles. The van der Waals surface area contributed by atoms with Crippen molar-refractivity contribution in [1.82, 2.24) is 15.4 Å². The van der Waals surface area contributed by atoms with Gasteiger partial charge in [0.05, 0.1) is 13.2 Å². The number of nitrogens with zero attached hydrogens (tertiary/aromatic N) is 2. The lowest BCUT2D eigenvalue weighted by molar-refractivity contribution is -0.162. The van der Waals surface area contributed by atoms with Gasteiger partial charge in [0.15, 0.2) is 10.8 Å². The number of carbonyl (C=O) groups is 2. The maximum Gasteiger partial charge on any atom is 0.253 e. The molecule has 0 bridgehead atoms. The number of aromatic nitrogens is 1. The summed E-state index contributed by atoms with van der Waals surface area (Å²) in [7, 11) is 1.55. The molecule has 0 aliphatic carbocycles. The van der Waals surface area contributed by atoms with Gasteiger partial charge in [-0.2, -0.15) is 0 Å². The average molecular weight is 316 g/mol. The Kier molecular flexibility index (Phi) is 4.84. The Bertz CT molecular complexity index is 533. The number of hydrogen-bond acceptors (Lipinski definition) is 5. The van der Waals surface area contributed by atoms with Crippen LogP contribution in [0.4, 0.5) is 0 Å². The Balaban J connectivity index is 1.91. The lowest BCUT2D eigenvalue weighted by Gasteiger charge is -2.39. The molecule has 2 amide bonds. The first kappa shape index (κ1) is 15.8. The third kappa shape index (κ3) is 3.74. The molecule has 7 nitrogen and oxygen atoms in total. The highest BCUT2D eigenvalue weighted by Crippen LogP contribution is 2.19. The summed E-state index contributed by atoms with van der Waals surface area (Å²) in [5.41, 5.74) is -1.00. The molecule has 1 aromatic heterocycles. The molecule has 0 aromatic carbocycles. The maximum atomic E-state index is 12.2. The average Bonchev–Trinajstić information content (AvgIpc) is 2.89. The number of rotatable bonds is 4. The summed E-state index contributed by atoms with van der Waals surface area (Å²) in [5.74, 6) is 0.277. The summed E-state index contributed by atoms with van der Waals surface area (Å²) in [6.07, 6.45) is 0.696. The van der Waals surface area contributed by atoms with Gasteiger partial charge in [-0.15, -0.1) is 0 Å². The first-order chi connectivity index (χ1) is 9.94. The van der Waals surface area contributed by atoms with Crippen molar-refractivity contribution in [3.63, 3.8) is 0 Å². The lowest BCUT2D eigenvalue weighted by atomic mass is 10.0. The minimum atomic E-state index is -1.00. The van der Waals surface area contributed by atoms with Crippen LogP contribution in [-0.4, -0.2) is 54.2 Å². The zero-order valence-corrected chi connectivity index (χ0v) is 12.8. The third-order valence-electron chi connectivity index (χ3n) is 3.45. The Labute approximate surface area is 127 Å². The summed E-state index contributed by atoms with van der Waals surface area (Å²) in [4.78, 5) is 25.7. The highest BCUT2D eigenvalue weighted by atomic mass is 35.5. The molecule has 8 heteroatoms. The van der Waals surface area contributed by atoms with Crippen LogP contribution in [-0.2, 0) is 20.7 Å². The number of ether oxygens (including phenoxy) is 1. The number of halogens is 1. The molecule has 1 aliphatic heterocycles. The van der Waals surface area contributed by atoms with Gasteiger partial charge < -0.3 is 19.5 Å². The van der Waals surface area contributed by atoms with Crippen molar-refractivity contribution in [3.05, 3.63) is 17.0 Å². The lowest BCUT2D eigenvalue weighted by Crippen LogP contribution is -2.58. The van der Waals surface area contributed by atoms with Gasteiger partial charge in [0.1, 0.15) is 5.76 Å². The van der Waals surface area contributed by atoms with Crippen molar-refractivity contribution in [3.8, 4) is 0 Å². The second-order valence-electron chi connectivity index (χ2n) is 5.09. The normalized spacial score (nSPS) is 22.1. The molecular formula is C13H18ClN3O4. The topological polar surface area (TPSA) is 84.7 Å². The van der Waals surface area contributed by atoms with Crippen molar-refractivity contribution in [1.29, 1.82) is 0 Å². The summed E-state index contributed by atoms with van der Waals surface area (Å²) in [6, 6.07) is 1.59. The molecular weight excluding hydrogens is 298 g/mol. The first-order valence-corrected chi connectivity index (χ1v) is 7.07. The van der Waals surface area contributed by atoms with Crippen molar-refractivity contribution in [2.45, 2.75) is 25.4 Å². The second-order valence-corrected chi connectivity index (χ2v) is 5.48. The van der Waals surface area contributed by atoms with Gasteiger partial charge in [-0.05, 0) is 6.92 Å². The van der Waals surface area contributed by atoms with Gasteiger partial charge >= 0.3 is 0 Å². The van der Waals surface area contributed by atoms with E-state index in [-0.39, 0.29) is 29.9 Å². The predicted octanol–water partition coefficient (Wildman–Crippen LogP) is 0.624. The Morgan fingerprint density at radius 3 is 2.95 bits per heavy atom. The Hall–Kier alpha value is -1.60. The smallest absolute Gasteiger partial charge is 0.253 e. The number of amides is 2. The van der Waals surface area contributed by atoms with Gasteiger partial charge in [0.2, 0.25) is 5.91 Å². The van der Waals surface area contributed by atoms with Crippen LogP contribution in [0.15, 0.2) is 10.6 Å². The standard InChI is InChI=1S/C13H18ClN3O4/c1-13(12(19)15-2)8-17(5-6-20-13)11(18)4-3-9-7-10(14)16-21-9/h7H,3-6,8H2,1-2H3,(H,15,19)/t13-/m1/s1. The number of hydrogen-bond donors (Lipinski definition) is 1. The van der Waals surface area contributed by atoms with Gasteiger partial charge in [-0.25, -0.2) is 0 Å². The minimum absolute atomic E-state index is 0.0547. The molecule has 2 heterocycles. The van der Waals surface area contributed by atoms with Crippen molar-refractivity contribution in [2.24, 2.45) is 0 Å². The highest BCUT2D eigenvalue weighted by molar-refractivity contribution is 6.29. The van der Waals surface area contributed by atoms with E-state index >= 15 is 0 Å². The molecule has 1 N–H and O–H groups in total. The number of likely N-dealkylation sites (N-methyl/N-ethyl adjacent to an activating group) is 1. The van der Waals surface area contributed by atoms with Gasteiger partial charge in [-0.3, -0.25) is 9.59 Å². The second kappa shape index (κ2) is 6.44. The highest BCUT2D eigenvalue weighted by Gasteiger charge is 2.39. The fraction of sp³-hybridized carbons (Fsp3) is 0.615. The van der Waals surface area contributed by atoms with Crippen LogP contribution in [0.1, 0.15) is 19.1 Å². The van der Waals surface area contributed by atoms with Gasteiger partial charge in [0, 0.05) is 32.5 Å². The van der Waals surface area contributed by atoms with Crippen LogP contribution in [0.2, 0.25) is 5.15 Å². The molecule has 1 aromatic rings. The van der Waals surface area contributed by atoms with Crippen LogP contribution in [0.3, 0.4) is 0 Å². The zero-order chi connectivity index (χ0) is 15.5. The van der Waals surface area contributed by atoms with Crippen LogP contribution >= 0.6 is 11.6 Å². The third-order valence-corrected chi connectivity index (χ3v) is 3.63. The molecule has 0 radical (unpaired) electrons. The summed E-state index contributed by atoms with van der Waals surface area (Å²) < 4.78 is 10.5. The van der Waals surface area contributed by atoms with Crippen LogP contribution < -0.4 is 5.32 Å². The summed E-state index contributed by atoms with van der Waals surface area (Å²) in [6.45, 7) is 2.73. The van der Waals surface area contributed by atoms with E-state index < -0.39 is 5.60 Å². The van der Waals surface area contributed by atoms with Crippen LogP contribution in [0.25, 0.3) is 0 Å². The van der Waals surface area contributed by atoms with E-state index in [0.29, 0.717) is 25.3 Å². The zero-order valence-electron chi connectivity index (χ0n) is 12.0. The fourth-order valence-corrected chi connectivity index (χ4v) is 2.43. The quantitative estimate of drug-likeness (QED) is 0.880. The molecule has 0 unspecified atom stereocenters. The van der Waals surface area contributed by atoms with E-state index in [1.54, 1.807) is 24.9 Å². The van der Waals surface area contributed by atoms with E-state index in [0.717, 1.165) is 0 Å². The van der Waals surface area contributed by atoms with E-state index in [2.05, 4.69) is 10.5 Å². The van der Waals surface area contributed by atoms with Crippen LogP contribution in [0.5, 0.6) is 0 Å². The van der Waals surface area contributed by atoms with E-state index in [4.69, 9.17) is 20.9 Å². The predicted molar refractivity (Wildman–Crippen MR) is 74.8 cm³/mol. The number of carbonyl (C=O) groups excluding carboxylic acids is 2. The number of nitrogens with one attached hydrogen (secondary N) is 1. The van der Waals surface area contributed by atoms with Crippen molar-refractivity contribution in [2.75, 3.05) is 26.7 Å². The first-order valence-electron chi connectivity index (χ1n) is 6.69. The minimum Gasteiger partial charge on any atom is -0.362 e. The number of morpholine rings is 1. The molecule has 1 aliphatic rings. The molecule has 0 saturated carbocycles. The van der Waals surface area contributed by atoms with Gasteiger partial charge in [-0.1, -0.05) is 16.8 Å². The van der Waals surface area contributed by atoms with E-state index in [1.807, 2.05) is 0 Å². The van der Waals surface area contributed by atoms with E-state index in [1.165, 1.54) is 0 Å². The van der Waals surface area contributed by atoms with Gasteiger partial charge in [0.25, 0.3) is 5.91 Å². The van der Waals surface area contributed by atoms with Crippen molar-refractivity contribution >= 4 is 23.4 Å². The summed E-state index contributed by atoms with van der Waals surface area (Å²) >= 11 is 5.65. The van der Waals surface area contributed by atoms with Crippen molar-refractivity contribution < 1.29 is 18.8 Å². The fourth-order valence-electron chi connectivity index (χ4n) is 2.28. The monoisotopic (exact) mass is 315 g/mol. The Morgan fingerprint density at radius 1 is 1.57 bits per heavy atom. The Morgan fingerprint density at radius 2 is 2.33 bits per heavy atom. The summed E-state index contributed by atoms with van der Waals surface area (Å²) in [5, 5.41) is 6.39. The molecule has 1 fully saturated rings. The molecule has 1 atom stereocenters. The maximum absolute atomic E-state index is 12.2. The SMILES string of the molecule is CNC(=O)[C@@]1(C)CN(C(=O)CCc2cc(Cl)no2)CCO1. The largest absolute Gasteiger partial charge is 0.362 e.